The topological polar surface area (TPSA) is 48.3 Å². The van der Waals surface area contributed by atoms with E-state index in [1.807, 2.05) is 51.2 Å². The summed E-state index contributed by atoms with van der Waals surface area (Å²) in [5.74, 6) is 0.0639. The molecule has 1 aromatic carbocycles. The molecule has 1 unspecified atom stereocenters. The second-order valence-electron chi connectivity index (χ2n) is 8.49. The number of hydrogen-bond donors (Lipinski definition) is 0. The summed E-state index contributed by atoms with van der Waals surface area (Å²) in [5.41, 5.74) is 1.28. The zero-order valence-electron chi connectivity index (χ0n) is 16.2. The number of ether oxygens (including phenoxy) is 1. The first-order valence-corrected chi connectivity index (χ1v) is 9.55. The largest absolute Gasteiger partial charge is 0.469 e. The van der Waals surface area contributed by atoms with Crippen LogP contribution in [0.4, 0.5) is 0 Å². The molecule has 0 radical (unpaired) electrons. The van der Waals surface area contributed by atoms with E-state index in [0.717, 1.165) is 22.9 Å². The van der Waals surface area contributed by atoms with Gasteiger partial charge in [-0.05, 0) is 24.0 Å². The van der Waals surface area contributed by atoms with Gasteiger partial charge in [-0.2, -0.15) is 0 Å². The lowest BCUT2D eigenvalue weighted by Gasteiger charge is -2.19. The van der Waals surface area contributed by atoms with E-state index >= 15 is 0 Å². The standard InChI is InChI=1S/C22H29NO3/c1-22(2,3)21(25)23-14-18(16-11-7-8-12-19(16)23)17(20(24)26-4)13-15-9-5-6-10-15/h7-8,11-12,14-15,17H,5-6,9-10,13H2,1-4H3. The van der Waals surface area contributed by atoms with E-state index in [0.29, 0.717) is 5.92 Å². The monoisotopic (exact) mass is 355 g/mol. The Hall–Kier alpha value is -2.10. The van der Waals surface area contributed by atoms with Crippen LogP contribution in [0.5, 0.6) is 0 Å². The highest BCUT2D eigenvalue weighted by atomic mass is 16.5. The lowest BCUT2D eigenvalue weighted by Crippen LogP contribution is -2.26. The van der Waals surface area contributed by atoms with Crippen LogP contribution < -0.4 is 0 Å². The number of hydrogen-bond acceptors (Lipinski definition) is 3. The molecule has 4 heteroatoms. The number of fused-ring (bicyclic) bond motifs is 1. The highest BCUT2D eigenvalue weighted by molar-refractivity contribution is 5.98. The maximum absolute atomic E-state index is 12.9. The van der Waals surface area contributed by atoms with Crippen molar-refractivity contribution in [3.05, 3.63) is 36.0 Å². The number of methoxy groups -OCH3 is 1. The Kier molecular flexibility index (Phi) is 5.22. The van der Waals surface area contributed by atoms with Gasteiger partial charge >= 0.3 is 5.97 Å². The molecule has 140 valence electrons. The predicted molar refractivity (Wildman–Crippen MR) is 103 cm³/mol. The molecule has 0 aliphatic heterocycles. The lowest BCUT2D eigenvalue weighted by molar-refractivity contribution is -0.142. The number of benzene rings is 1. The first kappa shape index (κ1) is 18.7. The van der Waals surface area contributed by atoms with Crippen molar-refractivity contribution in [2.24, 2.45) is 11.3 Å². The van der Waals surface area contributed by atoms with Crippen LogP contribution in [0.3, 0.4) is 0 Å². The molecule has 1 atom stereocenters. The molecule has 4 nitrogen and oxygen atoms in total. The first-order chi connectivity index (χ1) is 12.3. The predicted octanol–water partition coefficient (Wildman–Crippen LogP) is 5.16. The number of nitrogens with zero attached hydrogens (tertiary/aromatic N) is 1. The van der Waals surface area contributed by atoms with Crippen LogP contribution in [0.25, 0.3) is 10.9 Å². The molecule has 0 N–H and O–H groups in total. The second kappa shape index (κ2) is 7.26. The Morgan fingerprint density at radius 3 is 2.46 bits per heavy atom. The molecule has 3 rings (SSSR count). The Morgan fingerprint density at radius 1 is 1.19 bits per heavy atom. The van der Waals surface area contributed by atoms with Crippen LogP contribution in [0.1, 0.15) is 69.2 Å². The van der Waals surface area contributed by atoms with Crippen LogP contribution in [-0.4, -0.2) is 23.6 Å². The summed E-state index contributed by atoms with van der Waals surface area (Å²) >= 11 is 0. The molecule has 1 heterocycles. The molecular weight excluding hydrogens is 326 g/mol. The summed E-state index contributed by atoms with van der Waals surface area (Å²) in [6, 6.07) is 7.85. The van der Waals surface area contributed by atoms with Crippen LogP contribution in [0.15, 0.2) is 30.5 Å². The van der Waals surface area contributed by atoms with Crippen LogP contribution in [0.2, 0.25) is 0 Å². The minimum absolute atomic E-state index is 0.0319. The maximum Gasteiger partial charge on any atom is 0.313 e. The van der Waals surface area contributed by atoms with E-state index in [-0.39, 0.29) is 17.8 Å². The van der Waals surface area contributed by atoms with Crippen LogP contribution >= 0.6 is 0 Å². The van der Waals surface area contributed by atoms with Crippen molar-refractivity contribution in [3.8, 4) is 0 Å². The van der Waals surface area contributed by atoms with Gasteiger partial charge in [0.2, 0.25) is 5.91 Å². The molecule has 0 bridgehead atoms. The number of esters is 1. The Morgan fingerprint density at radius 2 is 1.85 bits per heavy atom. The van der Waals surface area contributed by atoms with E-state index in [9.17, 15) is 9.59 Å². The molecule has 1 saturated carbocycles. The molecule has 1 aromatic heterocycles. The normalized spacial score (nSPS) is 16.8. The van der Waals surface area contributed by atoms with Gasteiger partial charge in [-0.15, -0.1) is 0 Å². The summed E-state index contributed by atoms with van der Waals surface area (Å²) in [6.07, 6.45) is 7.49. The van der Waals surface area contributed by atoms with Gasteiger partial charge in [0, 0.05) is 17.0 Å². The van der Waals surface area contributed by atoms with Crippen molar-refractivity contribution in [1.82, 2.24) is 4.57 Å². The molecule has 1 aliphatic carbocycles. The number of carbonyl (C=O) groups excluding carboxylic acids is 2. The molecule has 1 fully saturated rings. The highest BCUT2D eigenvalue weighted by Crippen LogP contribution is 2.38. The van der Waals surface area contributed by atoms with Crippen molar-refractivity contribution in [2.45, 2.75) is 58.8 Å². The SMILES string of the molecule is COC(=O)C(CC1CCCC1)c1cn(C(=O)C(C)(C)C)c2ccccc12. The molecule has 2 aromatic rings. The van der Waals surface area contributed by atoms with Gasteiger partial charge in [-0.1, -0.05) is 64.7 Å². The fraction of sp³-hybridized carbons (Fsp3) is 0.545. The zero-order chi connectivity index (χ0) is 18.9. The number of aromatic nitrogens is 1. The highest BCUT2D eigenvalue weighted by Gasteiger charge is 2.32. The molecule has 1 aliphatic rings. The second-order valence-corrected chi connectivity index (χ2v) is 8.49. The number of carbonyl (C=O) groups is 2. The molecule has 0 amide bonds. The Balaban J connectivity index is 2.09. The van der Waals surface area contributed by atoms with Gasteiger partial charge < -0.3 is 4.74 Å². The number of para-hydroxylation sites is 1. The van der Waals surface area contributed by atoms with Crippen molar-refractivity contribution in [3.63, 3.8) is 0 Å². The summed E-state index contributed by atoms with van der Waals surface area (Å²) in [7, 11) is 1.45. The third-order valence-corrected chi connectivity index (χ3v) is 5.51. The summed E-state index contributed by atoms with van der Waals surface area (Å²) < 4.78 is 6.85. The van der Waals surface area contributed by atoms with Crippen molar-refractivity contribution >= 4 is 22.8 Å². The molecular formula is C22H29NO3. The van der Waals surface area contributed by atoms with Crippen LogP contribution in [-0.2, 0) is 9.53 Å². The van der Waals surface area contributed by atoms with Crippen molar-refractivity contribution in [1.29, 1.82) is 0 Å². The average Bonchev–Trinajstić information content (AvgIpc) is 3.25. The molecule has 0 spiro atoms. The Labute approximate surface area is 155 Å². The van der Waals surface area contributed by atoms with Crippen molar-refractivity contribution in [2.75, 3.05) is 7.11 Å². The summed E-state index contributed by atoms with van der Waals surface area (Å²) in [6.45, 7) is 5.75. The first-order valence-electron chi connectivity index (χ1n) is 9.55. The van der Waals surface area contributed by atoms with E-state index in [2.05, 4.69) is 0 Å². The maximum atomic E-state index is 12.9. The van der Waals surface area contributed by atoms with Gasteiger partial charge in [0.15, 0.2) is 0 Å². The van der Waals surface area contributed by atoms with E-state index in [1.54, 1.807) is 4.57 Å². The smallest absolute Gasteiger partial charge is 0.313 e. The third kappa shape index (κ3) is 3.55. The van der Waals surface area contributed by atoms with Gasteiger partial charge in [0.25, 0.3) is 0 Å². The number of rotatable bonds is 4. The van der Waals surface area contributed by atoms with E-state index in [4.69, 9.17) is 4.74 Å². The summed E-state index contributed by atoms with van der Waals surface area (Å²) in [4.78, 5) is 25.6. The fourth-order valence-electron chi connectivity index (χ4n) is 4.08. The van der Waals surface area contributed by atoms with Crippen LogP contribution in [0, 0.1) is 11.3 Å². The van der Waals surface area contributed by atoms with Gasteiger partial charge in [-0.3, -0.25) is 14.2 Å². The minimum atomic E-state index is -0.495. The molecule has 0 saturated heterocycles. The van der Waals surface area contributed by atoms with E-state index in [1.165, 1.54) is 32.8 Å². The fourth-order valence-corrected chi connectivity index (χ4v) is 4.08. The van der Waals surface area contributed by atoms with E-state index < -0.39 is 5.41 Å². The minimum Gasteiger partial charge on any atom is -0.469 e. The zero-order valence-corrected chi connectivity index (χ0v) is 16.2. The molecule has 26 heavy (non-hydrogen) atoms. The third-order valence-electron chi connectivity index (χ3n) is 5.51. The quantitative estimate of drug-likeness (QED) is 0.711. The van der Waals surface area contributed by atoms with Gasteiger partial charge in [0.1, 0.15) is 0 Å². The van der Waals surface area contributed by atoms with Gasteiger partial charge in [0.05, 0.1) is 18.5 Å². The average molecular weight is 355 g/mol. The van der Waals surface area contributed by atoms with Gasteiger partial charge in [-0.25, -0.2) is 0 Å². The van der Waals surface area contributed by atoms with Crippen molar-refractivity contribution < 1.29 is 14.3 Å². The summed E-state index contributed by atoms with van der Waals surface area (Å²) in [5, 5.41) is 0.971. The Bertz CT molecular complexity index is 806. The lowest BCUT2D eigenvalue weighted by atomic mass is 9.88.